The molecule has 3 nitrogen and oxygen atoms in total. The van der Waals surface area contributed by atoms with E-state index < -0.39 is 0 Å². The van der Waals surface area contributed by atoms with Crippen molar-refractivity contribution < 1.29 is 0 Å². The van der Waals surface area contributed by atoms with Crippen LogP contribution in [0.1, 0.15) is 48.9 Å². The van der Waals surface area contributed by atoms with E-state index in [-0.39, 0.29) is 0 Å². The van der Waals surface area contributed by atoms with Crippen LogP contribution in [0, 0.1) is 31.1 Å². The molecule has 1 aromatic rings. The molecule has 17 heavy (non-hydrogen) atoms. The molecule has 1 aromatic heterocycles. The molecular weight excluding hydrogens is 210 g/mol. The van der Waals surface area contributed by atoms with E-state index in [2.05, 4.69) is 17.6 Å². The molecule has 0 unspecified atom stereocenters. The average Bonchev–Trinajstić information content (AvgIpc) is 2.88. The molecule has 92 valence electrons. The van der Waals surface area contributed by atoms with E-state index in [1.165, 1.54) is 32.1 Å². The van der Waals surface area contributed by atoms with Crippen molar-refractivity contribution in [1.29, 1.82) is 5.26 Å². The first-order valence-corrected chi connectivity index (χ1v) is 6.50. The molecule has 0 spiro atoms. The molecule has 0 saturated heterocycles. The lowest BCUT2D eigenvalue weighted by Gasteiger charge is -2.12. The van der Waals surface area contributed by atoms with Crippen LogP contribution in [0.4, 0.5) is 5.82 Å². The van der Waals surface area contributed by atoms with Crippen LogP contribution in [0.15, 0.2) is 0 Å². The number of anilines is 1. The highest BCUT2D eigenvalue weighted by atomic mass is 15.1. The van der Waals surface area contributed by atoms with Crippen molar-refractivity contribution in [3.8, 4) is 6.07 Å². The maximum Gasteiger partial charge on any atom is 0.122 e. The first-order valence-electron chi connectivity index (χ1n) is 6.50. The minimum absolute atomic E-state index is 0.653. The third-order valence-electron chi connectivity index (χ3n) is 4.22. The number of nitrogens with two attached hydrogens (primary N) is 1. The standard InChI is InChI=1S/C14H21N3/c1-10-11(2)17(14(16)13(10)9-15)8-7-12-5-3-4-6-12/h12H,3-8,16H2,1-2H3. The maximum absolute atomic E-state index is 9.07. The molecule has 1 heterocycles. The monoisotopic (exact) mass is 231 g/mol. The predicted octanol–water partition coefficient (Wildman–Crippen LogP) is 3.14. The zero-order valence-corrected chi connectivity index (χ0v) is 10.8. The second kappa shape index (κ2) is 4.83. The van der Waals surface area contributed by atoms with Crippen LogP contribution in [0.25, 0.3) is 0 Å². The number of hydrogen-bond donors (Lipinski definition) is 1. The molecule has 3 heteroatoms. The van der Waals surface area contributed by atoms with Gasteiger partial charge in [0.05, 0.1) is 5.56 Å². The summed E-state index contributed by atoms with van der Waals surface area (Å²) in [6.45, 7) is 5.00. The summed E-state index contributed by atoms with van der Waals surface area (Å²) < 4.78 is 2.12. The summed E-state index contributed by atoms with van der Waals surface area (Å²) in [7, 11) is 0. The Morgan fingerprint density at radius 1 is 1.35 bits per heavy atom. The third-order valence-corrected chi connectivity index (χ3v) is 4.22. The Morgan fingerprint density at radius 2 is 2.00 bits per heavy atom. The quantitative estimate of drug-likeness (QED) is 0.868. The summed E-state index contributed by atoms with van der Waals surface area (Å²) in [6, 6.07) is 2.21. The lowest BCUT2D eigenvalue weighted by atomic mass is 10.0. The van der Waals surface area contributed by atoms with Crippen molar-refractivity contribution in [1.82, 2.24) is 4.57 Å². The van der Waals surface area contributed by atoms with Gasteiger partial charge in [-0.25, -0.2) is 0 Å². The number of nitriles is 1. The van der Waals surface area contributed by atoms with Crippen LogP contribution >= 0.6 is 0 Å². The zero-order chi connectivity index (χ0) is 12.4. The largest absolute Gasteiger partial charge is 0.384 e. The normalized spacial score (nSPS) is 16.3. The number of rotatable bonds is 3. The molecule has 0 bridgehead atoms. The lowest BCUT2D eigenvalue weighted by Crippen LogP contribution is -2.08. The fourth-order valence-electron chi connectivity index (χ4n) is 2.93. The highest BCUT2D eigenvalue weighted by molar-refractivity contribution is 5.57. The Kier molecular flexibility index (Phi) is 3.42. The molecule has 2 rings (SSSR count). The van der Waals surface area contributed by atoms with E-state index in [1.54, 1.807) is 0 Å². The van der Waals surface area contributed by atoms with Crippen LogP contribution in [-0.4, -0.2) is 4.57 Å². The van der Waals surface area contributed by atoms with Gasteiger partial charge in [0, 0.05) is 12.2 Å². The van der Waals surface area contributed by atoms with Crippen molar-refractivity contribution in [2.45, 2.75) is 52.5 Å². The summed E-state index contributed by atoms with van der Waals surface area (Å²) >= 11 is 0. The summed E-state index contributed by atoms with van der Waals surface area (Å²) in [5.74, 6) is 1.52. The van der Waals surface area contributed by atoms with Gasteiger partial charge in [-0.05, 0) is 31.7 Å². The molecule has 1 aliphatic rings. The minimum atomic E-state index is 0.653. The van der Waals surface area contributed by atoms with Gasteiger partial charge in [0.25, 0.3) is 0 Å². The van der Waals surface area contributed by atoms with Crippen LogP contribution in [0.2, 0.25) is 0 Å². The molecule has 0 amide bonds. The van der Waals surface area contributed by atoms with Crippen LogP contribution < -0.4 is 5.73 Å². The van der Waals surface area contributed by atoms with Crippen LogP contribution in [0.3, 0.4) is 0 Å². The van der Waals surface area contributed by atoms with Crippen LogP contribution in [0.5, 0.6) is 0 Å². The smallest absolute Gasteiger partial charge is 0.122 e. The first kappa shape index (κ1) is 12.0. The van der Waals surface area contributed by atoms with Gasteiger partial charge in [-0.2, -0.15) is 5.26 Å². The van der Waals surface area contributed by atoms with Gasteiger partial charge in [0.15, 0.2) is 0 Å². The van der Waals surface area contributed by atoms with Crippen LogP contribution in [-0.2, 0) is 6.54 Å². The fourth-order valence-corrected chi connectivity index (χ4v) is 2.93. The summed E-state index contributed by atoms with van der Waals surface area (Å²) in [5.41, 5.74) is 8.89. The van der Waals surface area contributed by atoms with E-state index in [0.29, 0.717) is 11.4 Å². The molecular formula is C14H21N3. The van der Waals surface area contributed by atoms with Crippen molar-refractivity contribution in [2.24, 2.45) is 5.92 Å². The lowest BCUT2D eigenvalue weighted by molar-refractivity contribution is 0.457. The molecule has 0 aromatic carbocycles. The summed E-state index contributed by atoms with van der Waals surface area (Å²) in [4.78, 5) is 0. The highest BCUT2D eigenvalue weighted by Crippen LogP contribution is 2.30. The van der Waals surface area contributed by atoms with Crippen molar-refractivity contribution in [3.05, 3.63) is 16.8 Å². The number of aromatic nitrogens is 1. The Morgan fingerprint density at radius 3 is 2.53 bits per heavy atom. The average molecular weight is 231 g/mol. The van der Waals surface area contributed by atoms with Crippen molar-refractivity contribution in [3.63, 3.8) is 0 Å². The topological polar surface area (TPSA) is 54.7 Å². The van der Waals surface area contributed by atoms with E-state index >= 15 is 0 Å². The van der Waals surface area contributed by atoms with Gasteiger partial charge in [-0.3, -0.25) is 0 Å². The summed E-state index contributed by atoms with van der Waals surface area (Å²) in [6.07, 6.45) is 6.69. The molecule has 0 aliphatic heterocycles. The van der Waals surface area contributed by atoms with Gasteiger partial charge in [-0.1, -0.05) is 25.7 Å². The van der Waals surface area contributed by atoms with Gasteiger partial charge in [0.1, 0.15) is 11.9 Å². The first-order chi connectivity index (χ1) is 8.15. The second-order valence-electron chi connectivity index (χ2n) is 5.17. The predicted molar refractivity (Wildman–Crippen MR) is 69.6 cm³/mol. The number of nitrogens with zero attached hydrogens (tertiary/aromatic N) is 2. The molecule has 1 aliphatic carbocycles. The van der Waals surface area contributed by atoms with Crippen molar-refractivity contribution in [2.75, 3.05) is 5.73 Å². The fraction of sp³-hybridized carbons (Fsp3) is 0.643. The Hall–Kier alpha value is -1.43. The van der Waals surface area contributed by atoms with Gasteiger partial charge < -0.3 is 10.3 Å². The molecule has 0 atom stereocenters. The van der Waals surface area contributed by atoms with E-state index in [9.17, 15) is 0 Å². The minimum Gasteiger partial charge on any atom is -0.384 e. The second-order valence-corrected chi connectivity index (χ2v) is 5.17. The summed E-state index contributed by atoms with van der Waals surface area (Å²) in [5, 5.41) is 9.07. The van der Waals surface area contributed by atoms with E-state index in [0.717, 1.165) is 23.7 Å². The zero-order valence-electron chi connectivity index (χ0n) is 10.8. The van der Waals surface area contributed by atoms with Crippen molar-refractivity contribution >= 4 is 5.82 Å². The third kappa shape index (κ3) is 2.17. The van der Waals surface area contributed by atoms with E-state index in [1.807, 2.05) is 6.92 Å². The van der Waals surface area contributed by atoms with E-state index in [4.69, 9.17) is 11.0 Å². The highest BCUT2D eigenvalue weighted by Gasteiger charge is 2.18. The van der Waals surface area contributed by atoms with Gasteiger partial charge in [-0.15, -0.1) is 0 Å². The Labute approximate surface area is 103 Å². The number of hydrogen-bond acceptors (Lipinski definition) is 2. The number of nitrogen functional groups attached to an aromatic ring is 1. The molecule has 1 fully saturated rings. The Balaban J connectivity index is 2.13. The SMILES string of the molecule is Cc1c(C#N)c(N)n(CCC2CCCC2)c1C. The molecule has 2 N–H and O–H groups in total. The van der Waals surface area contributed by atoms with Gasteiger partial charge in [0.2, 0.25) is 0 Å². The molecule has 1 saturated carbocycles. The van der Waals surface area contributed by atoms with Gasteiger partial charge >= 0.3 is 0 Å². The Bertz CT molecular complexity index is 445. The maximum atomic E-state index is 9.07. The molecule has 0 radical (unpaired) electrons.